The normalized spacial score (nSPS) is 14.5. The molecule has 8 nitrogen and oxygen atoms in total. The highest BCUT2D eigenvalue weighted by Gasteiger charge is 2.21. The molecule has 31 heavy (non-hydrogen) atoms. The molecule has 1 fully saturated rings. The number of nitrogens with zero attached hydrogens (tertiary/aromatic N) is 3. The van der Waals surface area contributed by atoms with Crippen LogP contribution in [0, 0.1) is 0 Å². The Labute approximate surface area is 184 Å². The fraction of sp³-hybridized carbons (Fsp3) is 0.318. The van der Waals surface area contributed by atoms with Crippen molar-refractivity contribution in [1.29, 1.82) is 0 Å². The van der Waals surface area contributed by atoms with Gasteiger partial charge in [0.05, 0.1) is 24.4 Å². The molecule has 0 atom stereocenters. The second-order valence-electron chi connectivity index (χ2n) is 7.32. The summed E-state index contributed by atoms with van der Waals surface area (Å²) >= 11 is 1.34. The molecule has 1 aromatic heterocycles. The molecular formula is C22H24N4O4S. The van der Waals surface area contributed by atoms with Crippen LogP contribution in [0.4, 0.5) is 5.13 Å². The Morgan fingerprint density at radius 3 is 2.39 bits per heavy atom. The standard InChI is InChI=1S/C22H24N4O4S/c1-25-8-10-26(11-9-25)21(28)15-4-6-16-19(13-15)31-22(23-16)24-20(27)14-5-7-17(29-2)18(12-14)30-3/h4-7,12-13H,8-11H2,1-3H3,(H,23,24,27). The molecule has 1 saturated heterocycles. The first-order valence-corrected chi connectivity index (χ1v) is 10.7. The van der Waals surface area contributed by atoms with E-state index in [9.17, 15) is 9.59 Å². The number of piperazine rings is 1. The van der Waals surface area contributed by atoms with Crippen LogP contribution >= 0.6 is 11.3 Å². The van der Waals surface area contributed by atoms with Crippen molar-refractivity contribution < 1.29 is 19.1 Å². The van der Waals surface area contributed by atoms with Crippen LogP contribution < -0.4 is 14.8 Å². The minimum atomic E-state index is -0.297. The van der Waals surface area contributed by atoms with Gasteiger partial charge in [0, 0.05) is 37.3 Å². The van der Waals surface area contributed by atoms with E-state index in [4.69, 9.17) is 9.47 Å². The smallest absolute Gasteiger partial charge is 0.257 e. The summed E-state index contributed by atoms with van der Waals surface area (Å²) in [5.74, 6) is 0.760. The van der Waals surface area contributed by atoms with E-state index in [1.165, 1.54) is 18.4 Å². The van der Waals surface area contributed by atoms with Crippen molar-refractivity contribution in [3.63, 3.8) is 0 Å². The quantitative estimate of drug-likeness (QED) is 0.657. The second-order valence-corrected chi connectivity index (χ2v) is 8.35. The van der Waals surface area contributed by atoms with Gasteiger partial charge >= 0.3 is 0 Å². The number of nitrogens with one attached hydrogen (secondary N) is 1. The number of amides is 2. The number of benzene rings is 2. The first kappa shape index (κ1) is 21.1. The highest BCUT2D eigenvalue weighted by atomic mass is 32.1. The first-order chi connectivity index (χ1) is 15.0. The predicted octanol–water partition coefficient (Wildman–Crippen LogP) is 2.95. The van der Waals surface area contributed by atoms with E-state index in [2.05, 4.69) is 22.2 Å². The number of carbonyl (C=O) groups excluding carboxylic acids is 2. The van der Waals surface area contributed by atoms with Gasteiger partial charge in [0.2, 0.25) is 0 Å². The zero-order valence-corrected chi connectivity index (χ0v) is 18.5. The Balaban J connectivity index is 1.50. The van der Waals surface area contributed by atoms with E-state index in [1.807, 2.05) is 17.0 Å². The topological polar surface area (TPSA) is 84.0 Å². The number of hydrogen-bond acceptors (Lipinski definition) is 7. The number of methoxy groups -OCH3 is 2. The Kier molecular flexibility index (Phi) is 6.06. The molecule has 0 radical (unpaired) electrons. The minimum Gasteiger partial charge on any atom is -0.493 e. The number of anilines is 1. The van der Waals surface area contributed by atoms with Gasteiger partial charge in [-0.3, -0.25) is 14.9 Å². The largest absolute Gasteiger partial charge is 0.493 e. The lowest BCUT2D eigenvalue weighted by molar-refractivity contribution is 0.0664. The van der Waals surface area contributed by atoms with Gasteiger partial charge in [-0.25, -0.2) is 4.98 Å². The van der Waals surface area contributed by atoms with Crippen LogP contribution in [0.2, 0.25) is 0 Å². The monoisotopic (exact) mass is 440 g/mol. The molecule has 3 aromatic rings. The van der Waals surface area contributed by atoms with Crippen molar-refractivity contribution in [2.75, 3.05) is 52.8 Å². The first-order valence-electron chi connectivity index (χ1n) is 9.90. The molecule has 2 heterocycles. The van der Waals surface area contributed by atoms with Crippen molar-refractivity contribution in [2.24, 2.45) is 0 Å². The summed E-state index contributed by atoms with van der Waals surface area (Å²) in [6.07, 6.45) is 0. The van der Waals surface area contributed by atoms with Gasteiger partial charge in [0.25, 0.3) is 11.8 Å². The molecule has 0 spiro atoms. The van der Waals surface area contributed by atoms with Crippen molar-refractivity contribution >= 4 is 38.5 Å². The number of hydrogen-bond donors (Lipinski definition) is 1. The molecule has 0 aliphatic carbocycles. The van der Waals surface area contributed by atoms with Gasteiger partial charge in [-0.2, -0.15) is 0 Å². The van der Waals surface area contributed by atoms with Gasteiger partial charge in [-0.05, 0) is 43.4 Å². The van der Waals surface area contributed by atoms with E-state index in [1.54, 1.807) is 31.4 Å². The van der Waals surface area contributed by atoms with Gasteiger partial charge in [0.15, 0.2) is 16.6 Å². The zero-order valence-electron chi connectivity index (χ0n) is 17.7. The molecule has 4 rings (SSSR count). The molecule has 0 bridgehead atoms. The fourth-order valence-corrected chi connectivity index (χ4v) is 4.35. The molecule has 0 unspecified atom stereocenters. The zero-order chi connectivity index (χ0) is 22.0. The Hall–Kier alpha value is -3.17. The van der Waals surface area contributed by atoms with Crippen molar-refractivity contribution in [1.82, 2.24) is 14.8 Å². The van der Waals surface area contributed by atoms with Crippen LogP contribution in [0.25, 0.3) is 10.2 Å². The lowest BCUT2D eigenvalue weighted by Crippen LogP contribution is -2.47. The molecule has 9 heteroatoms. The summed E-state index contributed by atoms with van der Waals surface area (Å²) in [7, 11) is 5.12. The number of carbonyl (C=O) groups is 2. The highest BCUT2D eigenvalue weighted by molar-refractivity contribution is 7.22. The summed E-state index contributed by atoms with van der Waals surface area (Å²) in [5.41, 5.74) is 1.81. The van der Waals surface area contributed by atoms with Crippen molar-refractivity contribution in [2.45, 2.75) is 0 Å². The highest BCUT2D eigenvalue weighted by Crippen LogP contribution is 2.30. The predicted molar refractivity (Wildman–Crippen MR) is 121 cm³/mol. The summed E-state index contributed by atoms with van der Waals surface area (Å²) in [6.45, 7) is 3.20. The third-order valence-corrected chi connectivity index (χ3v) is 6.23. The fourth-order valence-electron chi connectivity index (χ4n) is 3.45. The number of fused-ring (bicyclic) bond motifs is 1. The van der Waals surface area contributed by atoms with Gasteiger partial charge < -0.3 is 19.3 Å². The van der Waals surface area contributed by atoms with E-state index in [0.717, 1.165) is 36.4 Å². The van der Waals surface area contributed by atoms with E-state index >= 15 is 0 Å². The van der Waals surface area contributed by atoms with Crippen LogP contribution in [0.5, 0.6) is 11.5 Å². The number of ether oxygens (including phenoxy) is 2. The maximum atomic E-state index is 12.8. The Bertz CT molecular complexity index is 1120. The molecule has 1 aliphatic rings. The van der Waals surface area contributed by atoms with Gasteiger partial charge in [-0.15, -0.1) is 0 Å². The van der Waals surface area contributed by atoms with Crippen molar-refractivity contribution in [3.05, 3.63) is 47.5 Å². The van der Waals surface area contributed by atoms with E-state index in [-0.39, 0.29) is 11.8 Å². The Morgan fingerprint density at radius 2 is 1.68 bits per heavy atom. The summed E-state index contributed by atoms with van der Waals surface area (Å²) in [6, 6.07) is 10.4. The van der Waals surface area contributed by atoms with Crippen LogP contribution in [0.3, 0.4) is 0 Å². The molecule has 2 aromatic carbocycles. The summed E-state index contributed by atoms with van der Waals surface area (Å²) < 4.78 is 11.3. The molecule has 2 amide bonds. The molecular weight excluding hydrogens is 416 g/mol. The van der Waals surface area contributed by atoms with Crippen LogP contribution in [0.15, 0.2) is 36.4 Å². The van der Waals surface area contributed by atoms with Gasteiger partial charge in [-0.1, -0.05) is 11.3 Å². The van der Waals surface area contributed by atoms with Crippen LogP contribution in [0.1, 0.15) is 20.7 Å². The average molecular weight is 441 g/mol. The number of aromatic nitrogens is 1. The summed E-state index contributed by atoms with van der Waals surface area (Å²) in [5, 5.41) is 3.30. The van der Waals surface area contributed by atoms with Crippen LogP contribution in [-0.2, 0) is 0 Å². The molecule has 1 N–H and O–H groups in total. The summed E-state index contributed by atoms with van der Waals surface area (Å²) in [4.78, 5) is 34.1. The number of thiazole rings is 1. The Morgan fingerprint density at radius 1 is 0.968 bits per heavy atom. The molecule has 0 saturated carbocycles. The third kappa shape index (κ3) is 4.47. The SMILES string of the molecule is COc1ccc(C(=O)Nc2nc3ccc(C(=O)N4CCN(C)CC4)cc3s2)cc1OC. The molecule has 162 valence electrons. The average Bonchev–Trinajstić information content (AvgIpc) is 3.19. The van der Waals surface area contributed by atoms with Gasteiger partial charge in [0.1, 0.15) is 0 Å². The maximum absolute atomic E-state index is 12.8. The molecule has 1 aliphatic heterocycles. The third-order valence-electron chi connectivity index (χ3n) is 5.29. The van der Waals surface area contributed by atoms with Crippen LogP contribution in [-0.4, -0.2) is 74.0 Å². The minimum absolute atomic E-state index is 0.0271. The van der Waals surface area contributed by atoms with Crippen molar-refractivity contribution in [3.8, 4) is 11.5 Å². The number of rotatable bonds is 5. The lowest BCUT2D eigenvalue weighted by Gasteiger charge is -2.32. The maximum Gasteiger partial charge on any atom is 0.257 e. The lowest BCUT2D eigenvalue weighted by atomic mass is 10.1. The van der Waals surface area contributed by atoms with E-state index in [0.29, 0.717) is 27.8 Å². The van der Waals surface area contributed by atoms with E-state index < -0.39 is 0 Å². The second kappa shape index (κ2) is 8.91. The number of likely N-dealkylation sites (N-methyl/N-ethyl adjacent to an activating group) is 1.